The van der Waals surface area contributed by atoms with Crippen molar-refractivity contribution < 1.29 is 49.7 Å². The van der Waals surface area contributed by atoms with Gasteiger partial charge in [-0.05, 0) is 19.3 Å². The fraction of sp³-hybridized carbons (Fsp3) is 0.667. The molecule has 7 atom stereocenters. The van der Waals surface area contributed by atoms with E-state index in [1.54, 1.807) is 13.0 Å². The Bertz CT molecular complexity index is 585. The summed E-state index contributed by atoms with van der Waals surface area (Å²) in [5.41, 5.74) is 0.145. The van der Waals surface area contributed by atoms with Crippen molar-refractivity contribution >= 4 is 11.9 Å². The predicted molar refractivity (Wildman–Crippen MR) is 94.8 cm³/mol. The lowest BCUT2D eigenvalue weighted by Gasteiger charge is -2.39. The van der Waals surface area contributed by atoms with Gasteiger partial charge in [0.15, 0.2) is 0 Å². The van der Waals surface area contributed by atoms with Crippen molar-refractivity contribution in [1.82, 2.24) is 0 Å². The smallest absolute Gasteiger partial charge is 0.336 e. The highest BCUT2D eigenvalue weighted by Gasteiger charge is 2.45. The first-order chi connectivity index (χ1) is 13.1. The van der Waals surface area contributed by atoms with Crippen molar-refractivity contribution in [1.29, 1.82) is 0 Å². The summed E-state index contributed by atoms with van der Waals surface area (Å²) >= 11 is 0. The number of esters is 1. The molecule has 0 amide bonds. The van der Waals surface area contributed by atoms with Gasteiger partial charge in [-0.15, -0.1) is 0 Å². The number of carbonyl (C=O) groups is 2. The van der Waals surface area contributed by atoms with E-state index in [1.165, 1.54) is 19.1 Å². The molecule has 10 nitrogen and oxygen atoms in total. The molecule has 1 aliphatic heterocycles. The Kier molecular flexibility index (Phi) is 9.73. The van der Waals surface area contributed by atoms with E-state index in [2.05, 4.69) is 0 Å². The van der Waals surface area contributed by atoms with Gasteiger partial charge in [-0.1, -0.05) is 25.2 Å². The van der Waals surface area contributed by atoms with Gasteiger partial charge >= 0.3 is 11.9 Å². The number of aliphatic carboxylic acids is 1. The molecule has 1 aliphatic rings. The lowest BCUT2D eigenvalue weighted by atomic mass is 9.98. The molecule has 0 aliphatic carbocycles. The molecule has 0 aromatic heterocycles. The van der Waals surface area contributed by atoms with E-state index in [0.717, 1.165) is 0 Å². The van der Waals surface area contributed by atoms with Crippen molar-refractivity contribution in [3.8, 4) is 0 Å². The van der Waals surface area contributed by atoms with Crippen molar-refractivity contribution in [3.63, 3.8) is 0 Å². The maximum Gasteiger partial charge on any atom is 0.336 e. The molecule has 0 radical (unpaired) electrons. The van der Waals surface area contributed by atoms with Gasteiger partial charge in [0.25, 0.3) is 0 Å². The van der Waals surface area contributed by atoms with Gasteiger partial charge < -0.3 is 40.1 Å². The summed E-state index contributed by atoms with van der Waals surface area (Å²) in [5.74, 6) is -2.22. The van der Waals surface area contributed by atoms with Gasteiger partial charge in [0, 0.05) is 5.57 Å². The molecule has 0 aromatic rings. The van der Waals surface area contributed by atoms with Gasteiger partial charge in [-0.3, -0.25) is 4.79 Å². The molecular weight excluding hydrogens is 376 g/mol. The number of carboxylic acid groups (broad SMARTS) is 1. The third-order valence-electron chi connectivity index (χ3n) is 4.42. The van der Waals surface area contributed by atoms with Crippen molar-refractivity contribution in [2.24, 2.45) is 5.92 Å². The third kappa shape index (κ3) is 6.97. The summed E-state index contributed by atoms with van der Waals surface area (Å²) < 4.78 is 10.1. The zero-order valence-electron chi connectivity index (χ0n) is 15.7. The van der Waals surface area contributed by atoms with Crippen LogP contribution in [-0.2, 0) is 19.1 Å². The van der Waals surface area contributed by atoms with Gasteiger partial charge in [-0.25, -0.2) is 4.79 Å². The number of carboxylic acids is 1. The molecule has 1 rings (SSSR count). The minimum Gasteiger partial charge on any atom is -0.481 e. The lowest BCUT2D eigenvalue weighted by Crippen LogP contribution is -2.59. The number of aliphatic hydroxyl groups excluding tert-OH is 5. The topological polar surface area (TPSA) is 174 Å². The number of hydrogen-bond donors (Lipinski definition) is 6. The van der Waals surface area contributed by atoms with Crippen molar-refractivity contribution in [2.45, 2.75) is 63.5 Å². The molecule has 10 heteroatoms. The number of ether oxygens (including phenoxy) is 2. The molecule has 160 valence electrons. The van der Waals surface area contributed by atoms with Crippen LogP contribution in [0, 0.1) is 5.92 Å². The highest BCUT2D eigenvalue weighted by molar-refractivity contribution is 5.88. The summed E-state index contributed by atoms with van der Waals surface area (Å²) in [6.45, 7) is 2.50. The standard InChI is InChI=1S/C18H28O10/c1-9(11(20)7-13(21)22)5-3-4-6-10(2)17(26)28-18-16(25)15(24)14(23)12(8-19)27-18/h3-4,6,9,11-12,14-16,18-20,23-25H,5,7-8H2,1-2H3,(H,21,22)/b4-3+,10-6+/t9-,11-,12-,14-,15+,16-,18+/m1/s1. The van der Waals surface area contributed by atoms with Gasteiger partial charge in [0.1, 0.15) is 24.4 Å². The predicted octanol–water partition coefficient (Wildman–Crippen LogP) is -1.31. The van der Waals surface area contributed by atoms with Crippen LogP contribution in [0.3, 0.4) is 0 Å². The molecule has 1 heterocycles. The Morgan fingerprint density at radius 3 is 2.39 bits per heavy atom. The second kappa shape index (κ2) is 11.2. The van der Waals surface area contributed by atoms with E-state index in [0.29, 0.717) is 6.42 Å². The van der Waals surface area contributed by atoms with Gasteiger partial charge in [-0.2, -0.15) is 0 Å². The summed E-state index contributed by atoms with van der Waals surface area (Å²) in [6, 6.07) is 0. The van der Waals surface area contributed by atoms with Crippen LogP contribution in [0.15, 0.2) is 23.8 Å². The number of aliphatic hydroxyl groups is 5. The maximum absolute atomic E-state index is 12.1. The van der Waals surface area contributed by atoms with Crippen LogP contribution in [0.5, 0.6) is 0 Å². The molecule has 0 aromatic carbocycles. The van der Waals surface area contributed by atoms with Crippen LogP contribution in [0.2, 0.25) is 0 Å². The fourth-order valence-corrected chi connectivity index (χ4v) is 2.47. The van der Waals surface area contributed by atoms with E-state index in [4.69, 9.17) is 19.7 Å². The number of hydrogen-bond acceptors (Lipinski definition) is 9. The lowest BCUT2D eigenvalue weighted by molar-refractivity contribution is -0.291. The summed E-state index contributed by atoms with van der Waals surface area (Å²) in [7, 11) is 0. The zero-order valence-corrected chi connectivity index (χ0v) is 15.7. The van der Waals surface area contributed by atoms with Crippen molar-refractivity contribution in [3.05, 3.63) is 23.8 Å². The molecule has 28 heavy (non-hydrogen) atoms. The average Bonchev–Trinajstić information content (AvgIpc) is 2.64. The molecule has 0 unspecified atom stereocenters. The molecular formula is C18H28O10. The molecule has 0 saturated carbocycles. The van der Waals surface area contributed by atoms with Gasteiger partial charge in [0.2, 0.25) is 6.29 Å². The van der Waals surface area contributed by atoms with E-state index < -0.39 is 55.4 Å². The normalized spacial score (nSPS) is 30.8. The van der Waals surface area contributed by atoms with Crippen LogP contribution in [-0.4, -0.2) is 86.0 Å². The number of carbonyl (C=O) groups excluding carboxylic acids is 1. The summed E-state index contributed by atoms with van der Waals surface area (Å²) in [4.78, 5) is 22.6. The minimum atomic E-state index is -1.68. The summed E-state index contributed by atoms with van der Waals surface area (Å²) in [5, 5.41) is 56.6. The molecule has 1 fully saturated rings. The quantitative estimate of drug-likeness (QED) is 0.154. The zero-order chi connectivity index (χ0) is 21.4. The largest absolute Gasteiger partial charge is 0.481 e. The van der Waals surface area contributed by atoms with E-state index in [-0.39, 0.29) is 17.9 Å². The Balaban J connectivity index is 2.58. The molecule has 1 saturated heterocycles. The van der Waals surface area contributed by atoms with Gasteiger partial charge in [0.05, 0.1) is 19.1 Å². The van der Waals surface area contributed by atoms with E-state index in [1.807, 2.05) is 0 Å². The second-order valence-electron chi connectivity index (χ2n) is 6.76. The first-order valence-electron chi connectivity index (χ1n) is 8.83. The van der Waals surface area contributed by atoms with Crippen LogP contribution in [0.25, 0.3) is 0 Å². The highest BCUT2D eigenvalue weighted by atomic mass is 16.7. The van der Waals surface area contributed by atoms with E-state index >= 15 is 0 Å². The Hall–Kier alpha value is -1.82. The van der Waals surface area contributed by atoms with Crippen LogP contribution in [0.1, 0.15) is 26.7 Å². The second-order valence-corrected chi connectivity index (χ2v) is 6.76. The average molecular weight is 404 g/mol. The third-order valence-corrected chi connectivity index (χ3v) is 4.42. The van der Waals surface area contributed by atoms with Crippen LogP contribution < -0.4 is 0 Å². The minimum absolute atomic E-state index is 0.145. The Morgan fingerprint density at radius 2 is 1.82 bits per heavy atom. The van der Waals surface area contributed by atoms with Crippen molar-refractivity contribution in [2.75, 3.05) is 6.61 Å². The highest BCUT2D eigenvalue weighted by Crippen LogP contribution is 2.22. The Labute approximate surface area is 162 Å². The Morgan fingerprint density at radius 1 is 1.18 bits per heavy atom. The fourth-order valence-electron chi connectivity index (χ4n) is 2.47. The first kappa shape index (κ1) is 24.2. The van der Waals surface area contributed by atoms with E-state index in [9.17, 15) is 30.0 Å². The monoisotopic (exact) mass is 404 g/mol. The maximum atomic E-state index is 12.1. The molecule has 6 N–H and O–H groups in total. The van der Waals surface area contributed by atoms with Crippen LogP contribution >= 0.6 is 0 Å². The molecule has 0 bridgehead atoms. The SMILES string of the molecule is C/C(=C\C=C\C[C@@H](C)[C@H](O)CC(=O)O)C(=O)O[C@@H]1O[C@H](CO)[C@@H](O)[C@H](O)[C@H]1O. The molecule has 0 spiro atoms. The number of allylic oxidation sites excluding steroid dienone is 3. The number of rotatable bonds is 9. The summed E-state index contributed by atoms with van der Waals surface area (Å²) in [6.07, 6.45) is -3.95. The van der Waals surface area contributed by atoms with Crippen LogP contribution in [0.4, 0.5) is 0 Å². The first-order valence-corrected chi connectivity index (χ1v) is 8.83.